The molecule has 76 valence electrons. The molecule has 1 aromatic carbocycles. The van der Waals surface area contributed by atoms with Gasteiger partial charge in [0, 0.05) is 0 Å². The largest absolute Gasteiger partial charge is 0.416 e. The van der Waals surface area contributed by atoms with Crippen LogP contribution in [0.4, 0.5) is 13.2 Å². The standard InChI is InChI=1S/C10H5F3N2/c11-10(12,13)9-5-7(6-15)1-2-8(9)3-4-14/h1-2,5H,3H2. The van der Waals surface area contributed by atoms with Gasteiger partial charge in [-0.3, -0.25) is 0 Å². The Morgan fingerprint density at radius 1 is 1.20 bits per heavy atom. The number of alkyl halides is 3. The molecule has 0 fully saturated rings. The third kappa shape index (κ3) is 2.47. The summed E-state index contributed by atoms with van der Waals surface area (Å²) in [5, 5.41) is 16.8. The first kappa shape index (κ1) is 11.1. The van der Waals surface area contributed by atoms with Crippen molar-refractivity contribution >= 4 is 0 Å². The van der Waals surface area contributed by atoms with E-state index in [0.29, 0.717) is 0 Å². The van der Waals surface area contributed by atoms with Crippen molar-refractivity contribution in [3.63, 3.8) is 0 Å². The van der Waals surface area contributed by atoms with E-state index in [1.54, 1.807) is 12.1 Å². The molecule has 0 amide bonds. The van der Waals surface area contributed by atoms with Crippen molar-refractivity contribution in [2.45, 2.75) is 12.6 Å². The van der Waals surface area contributed by atoms with Crippen LogP contribution in [0.15, 0.2) is 18.2 Å². The first-order chi connectivity index (χ1) is 6.99. The SMILES string of the molecule is N#CCc1ccc(C#N)cc1C(F)(F)F. The summed E-state index contributed by atoms with van der Waals surface area (Å²) in [7, 11) is 0. The molecule has 0 aliphatic heterocycles. The van der Waals surface area contributed by atoms with E-state index < -0.39 is 11.7 Å². The lowest BCUT2D eigenvalue weighted by Gasteiger charge is -2.10. The highest BCUT2D eigenvalue weighted by atomic mass is 19.4. The predicted octanol–water partition coefficient (Wildman–Crippen LogP) is 2.64. The normalized spacial score (nSPS) is 10.5. The van der Waals surface area contributed by atoms with Gasteiger partial charge in [-0.05, 0) is 17.7 Å². The van der Waals surface area contributed by atoms with Crippen molar-refractivity contribution in [1.82, 2.24) is 0 Å². The highest BCUT2D eigenvalue weighted by Gasteiger charge is 2.33. The van der Waals surface area contributed by atoms with Crippen LogP contribution >= 0.6 is 0 Å². The van der Waals surface area contributed by atoms with Gasteiger partial charge >= 0.3 is 6.18 Å². The van der Waals surface area contributed by atoms with Gasteiger partial charge in [-0.15, -0.1) is 0 Å². The average molecular weight is 210 g/mol. The fourth-order valence-corrected chi connectivity index (χ4v) is 1.15. The molecule has 0 radical (unpaired) electrons. The Kier molecular flexibility index (Phi) is 2.96. The minimum Gasteiger partial charge on any atom is -0.198 e. The molecule has 0 saturated carbocycles. The van der Waals surface area contributed by atoms with Gasteiger partial charge < -0.3 is 0 Å². The second-order valence-electron chi connectivity index (χ2n) is 2.82. The van der Waals surface area contributed by atoms with Crippen molar-refractivity contribution in [1.29, 1.82) is 10.5 Å². The second kappa shape index (κ2) is 4.02. The third-order valence-electron chi connectivity index (χ3n) is 1.81. The van der Waals surface area contributed by atoms with E-state index in [1.165, 1.54) is 6.07 Å². The number of halogens is 3. The smallest absolute Gasteiger partial charge is 0.198 e. The van der Waals surface area contributed by atoms with Crippen molar-refractivity contribution in [2.24, 2.45) is 0 Å². The first-order valence-corrected chi connectivity index (χ1v) is 3.96. The molecule has 0 heterocycles. The molecular formula is C10H5F3N2. The van der Waals surface area contributed by atoms with E-state index in [4.69, 9.17) is 10.5 Å². The number of nitrogens with zero attached hydrogens (tertiary/aromatic N) is 2. The van der Waals surface area contributed by atoms with Crippen LogP contribution in [-0.4, -0.2) is 0 Å². The van der Waals surface area contributed by atoms with Gasteiger partial charge in [-0.2, -0.15) is 23.7 Å². The summed E-state index contributed by atoms with van der Waals surface area (Å²) in [6.07, 6.45) is -4.85. The van der Waals surface area contributed by atoms with Crippen LogP contribution in [0.3, 0.4) is 0 Å². The van der Waals surface area contributed by atoms with Gasteiger partial charge in [-0.1, -0.05) is 6.07 Å². The summed E-state index contributed by atoms with van der Waals surface area (Å²) < 4.78 is 37.4. The minimum absolute atomic E-state index is 0.0657. The molecule has 2 nitrogen and oxygen atoms in total. The lowest BCUT2D eigenvalue weighted by molar-refractivity contribution is -0.138. The zero-order valence-corrected chi connectivity index (χ0v) is 7.47. The molecule has 0 aromatic heterocycles. The van der Waals surface area contributed by atoms with Gasteiger partial charge in [0.1, 0.15) is 0 Å². The Morgan fingerprint density at radius 3 is 2.33 bits per heavy atom. The molecule has 15 heavy (non-hydrogen) atoms. The maximum Gasteiger partial charge on any atom is 0.416 e. The molecule has 1 aromatic rings. The highest BCUT2D eigenvalue weighted by molar-refractivity contribution is 5.40. The Bertz CT molecular complexity index is 449. The fourth-order valence-electron chi connectivity index (χ4n) is 1.15. The number of nitriles is 2. The lowest BCUT2D eigenvalue weighted by Crippen LogP contribution is -2.09. The lowest BCUT2D eigenvalue weighted by atomic mass is 10.0. The molecule has 0 spiro atoms. The quantitative estimate of drug-likeness (QED) is 0.715. The van der Waals surface area contributed by atoms with Crippen LogP contribution in [0.5, 0.6) is 0 Å². The van der Waals surface area contributed by atoms with Crippen LogP contribution in [0.2, 0.25) is 0 Å². The minimum atomic E-state index is -4.53. The highest BCUT2D eigenvalue weighted by Crippen LogP contribution is 2.32. The molecule has 1 rings (SSSR count). The third-order valence-corrected chi connectivity index (χ3v) is 1.81. The zero-order valence-electron chi connectivity index (χ0n) is 7.47. The van der Waals surface area contributed by atoms with Crippen LogP contribution in [0, 0.1) is 22.7 Å². The maximum atomic E-state index is 12.5. The van der Waals surface area contributed by atoms with Crippen molar-refractivity contribution < 1.29 is 13.2 Å². The second-order valence-corrected chi connectivity index (χ2v) is 2.82. The molecule has 0 unspecified atom stereocenters. The van der Waals surface area contributed by atoms with E-state index in [9.17, 15) is 13.2 Å². The van der Waals surface area contributed by atoms with Gasteiger partial charge in [0.25, 0.3) is 0 Å². The number of benzene rings is 1. The summed E-state index contributed by atoms with van der Waals surface area (Å²) in [5.74, 6) is 0. The molecule has 0 atom stereocenters. The molecule has 5 heteroatoms. The molecule has 0 N–H and O–H groups in total. The van der Waals surface area contributed by atoms with E-state index in [-0.39, 0.29) is 17.5 Å². The van der Waals surface area contributed by atoms with Crippen LogP contribution in [-0.2, 0) is 12.6 Å². The van der Waals surface area contributed by atoms with Crippen molar-refractivity contribution in [2.75, 3.05) is 0 Å². The monoisotopic (exact) mass is 210 g/mol. The van der Waals surface area contributed by atoms with Crippen LogP contribution in [0.25, 0.3) is 0 Å². The summed E-state index contributed by atoms with van der Waals surface area (Å²) >= 11 is 0. The Morgan fingerprint density at radius 2 is 1.87 bits per heavy atom. The molecule has 0 bridgehead atoms. The van der Waals surface area contributed by atoms with Crippen molar-refractivity contribution in [3.8, 4) is 12.1 Å². The van der Waals surface area contributed by atoms with E-state index in [0.717, 1.165) is 12.1 Å². The van der Waals surface area contributed by atoms with Gasteiger partial charge in [0.2, 0.25) is 0 Å². The number of hydrogen-bond acceptors (Lipinski definition) is 2. The Labute approximate surface area is 84.2 Å². The number of hydrogen-bond donors (Lipinski definition) is 0. The van der Waals surface area contributed by atoms with Gasteiger partial charge in [0.15, 0.2) is 0 Å². The Hall–Kier alpha value is -2.01. The summed E-state index contributed by atoms with van der Waals surface area (Å²) in [5.41, 5.74) is -1.09. The summed E-state index contributed by atoms with van der Waals surface area (Å²) in [4.78, 5) is 0. The van der Waals surface area contributed by atoms with Crippen LogP contribution < -0.4 is 0 Å². The van der Waals surface area contributed by atoms with E-state index in [1.807, 2.05) is 0 Å². The van der Waals surface area contributed by atoms with Gasteiger partial charge in [0.05, 0.1) is 29.7 Å². The molecule has 0 aliphatic rings. The average Bonchev–Trinajstić information content (AvgIpc) is 2.17. The van der Waals surface area contributed by atoms with Gasteiger partial charge in [-0.25, -0.2) is 0 Å². The molecule has 0 aliphatic carbocycles. The topological polar surface area (TPSA) is 47.6 Å². The van der Waals surface area contributed by atoms with E-state index in [2.05, 4.69) is 0 Å². The molecule has 0 saturated heterocycles. The van der Waals surface area contributed by atoms with Crippen molar-refractivity contribution in [3.05, 3.63) is 34.9 Å². The van der Waals surface area contributed by atoms with Crippen LogP contribution in [0.1, 0.15) is 16.7 Å². The predicted molar refractivity (Wildman–Crippen MR) is 45.5 cm³/mol. The maximum absolute atomic E-state index is 12.5. The molecular weight excluding hydrogens is 205 g/mol. The zero-order chi connectivity index (χ0) is 11.5. The summed E-state index contributed by atoms with van der Waals surface area (Å²) in [6, 6.07) is 6.46. The number of rotatable bonds is 1. The Balaban J connectivity index is 3.32. The first-order valence-electron chi connectivity index (χ1n) is 3.96. The van der Waals surface area contributed by atoms with E-state index >= 15 is 0 Å². The fraction of sp³-hybridized carbons (Fsp3) is 0.200. The summed E-state index contributed by atoms with van der Waals surface area (Å²) in [6.45, 7) is 0.